The normalized spacial score (nSPS) is 18.0. The van der Waals surface area contributed by atoms with Crippen LogP contribution in [-0.4, -0.2) is 44.1 Å². The lowest BCUT2D eigenvalue weighted by Gasteiger charge is -2.30. The molecule has 8 heteroatoms. The molecular weight excluding hydrogens is 383 g/mol. The zero-order valence-electron chi connectivity index (χ0n) is 16.3. The van der Waals surface area contributed by atoms with Crippen LogP contribution < -0.4 is 15.9 Å². The number of pyridine rings is 2. The molecule has 0 saturated carbocycles. The Morgan fingerprint density at radius 1 is 1.27 bits per heavy atom. The predicted octanol–water partition coefficient (Wildman–Crippen LogP) is 1.55. The SMILES string of the molecule is O=C(Nc1cnccc1F)c1n[nH]c2c1=CC(c1cncc(CN3CCC3)c1)CC=2. The number of fused-ring (bicyclic) bond motifs is 1. The molecule has 7 nitrogen and oxygen atoms in total. The lowest BCUT2D eigenvalue weighted by Crippen LogP contribution is -2.36. The summed E-state index contributed by atoms with van der Waals surface area (Å²) in [5.41, 5.74) is 2.57. The Bertz CT molecular complexity index is 1220. The van der Waals surface area contributed by atoms with Crippen LogP contribution >= 0.6 is 0 Å². The Morgan fingerprint density at radius 2 is 2.17 bits per heavy atom. The number of hydrogen-bond acceptors (Lipinski definition) is 5. The van der Waals surface area contributed by atoms with Crippen molar-refractivity contribution >= 4 is 23.7 Å². The van der Waals surface area contributed by atoms with Gasteiger partial charge in [-0.25, -0.2) is 4.39 Å². The van der Waals surface area contributed by atoms with Crippen molar-refractivity contribution in [3.63, 3.8) is 0 Å². The maximum absolute atomic E-state index is 13.9. The first-order valence-electron chi connectivity index (χ1n) is 10.0. The molecule has 5 rings (SSSR count). The molecule has 3 aromatic rings. The minimum Gasteiger partial charge on any atom is -0.317 e. The fraction of sp³-hybridized carbons (Fsp3) is 0.273. The molecule has 0 bridgehead atoms. The third-order valence-electron chi connectivity index (χ3n) is 5.61. The van der Waals surface area contributed by atoms with E-state index in [0.717, 1.165) is 42.2 Å². The van der Waals surface area contributed by atoms with Gasteiger partial charge in [0.2, 0.25) is 0 Å². The molecule has 0 spiro atoms. The van der Waals surface area contributed by atoms with Gasteiger partial charge in [0.05, 0.1) is 17.2 Å². The Kier molecular flexibility index (Phi) is 4.84. The first-order chi connectivity index (χ1) is 14.7. The van der Waals surface area contributed by atoms with Crippen molar-refractivity contribution in [1.29, 1.82) is 0 Å². The maximum Gasteiger partial charge on any atom is 0.276 e. The second-order valence-electron chi connectivity index (χ2n) is 7.68. The predicted molar refractivity (Wildman–Crippen MR) is 110 cm³/mol. The van der Waals surface area contributed by atoms with Crippen LogP contribution in [0.4, 0.5) is 10.1 Å². The van der Waals surface area contributed by atoms with Gasteiger partial charge >= 0.3 is 0 Å². The standard InChI is InChI=1S/C22H21FN6O/c23-18-4-5-24-12-20(18)26-22(30)21-17-9-15(2-3-19(17)27-28-21)16-8-14(10-25-11-16)13-29-6-1-7-29/h3-5,8-12,15,27H,1-2,6-7,13H2,(H,26,30). The lowest BCUT2D eigenvalue weighted by atomic mass is 9.92. The summed E-state index contributed by atoms with van der Waals surface area (Å²) in [6, 6.07) is 3.39. The second-order valence-corrected chi connectivity index (χ2v) is 7.68. The first-order valence-corrected chi connectivity index (χ1v) is 10.0. The van der Waals surface area contributed by atoms with E-state index in [-0.39, 0.29) is 17.3 Å². The highest BCUT2D eigenvalue weighted by atomic mass is 19.1. The number of rotatable bonds is 5. The highest BCUT2D eigenvalue weighted by molar-refractivity contribution is 6.03. The van der Waals surface area contributed by atoms with Gasteiger partial charge in [-0.1, -0.05) is 18.2 Å². The maximum atomic E-state index is 13.9. The molecule has 1 fully saturated rings. The Labute approximate surface area is 172 Å². The largest absolute Gasteiger partial charge is 0.317 e. The number of aromatic nitrogens is 4. The van der Waals surface area contributed by atoms with E-state index in [1.54, 1.807) is 0 Å². The van der Waals surface area contributed by atoms with Crippen molar-refractivity contribution in [3.8, 4) is 0 Å². The molecule has 1 amide bonds. The summed E-state index contributed by atoms with van der Waals surface area (Å²) in [4.78, 5) is 23.4. The molecule has 0 aromatic carbocycles. The summed E-state index contributed by atoms with van der Waals surface area (Å²) < 4.78 is 13.9. The number of amides is 1. The number of hydrogen-bond donors (Lipinski definition) is 2. The van der Waals surface area contributed by atoms with Gasteiger partial charge in [-0.15, -0.1) is 0 Å². The van der Waals surface area contributed by atoms with Gasteiger partial charge < -0.3 is 5.32 Å². The van der Waals surface area contributed by atoms with E-state index in [9.17, 15) is 9.18 Å². The average molecular weight is 404 g/mol. The van der Waals surface area contributed by atoms with Crippen LogP contribution in [0, 0.1) is 5.82 Å². The number of carbonyl (C=O) groups is 1. The summed E-state index contributed by atoms with van der Waals surface area (Å²) in [5.74, 6) is -0.920. The second kappa shape index (κ2) is 7.79. The van der Waals surface area contributed by atoms with Crippen LogP contribution in [0.1, 0.15) is 40.4 Å². The summed E-state index contributed by atoms with van der Waals surface area (Å²) in [6.45, 7) is 3.20. The molecule has 2 aliphatic rings. The van der Waals surface area contributed by atoms with Crippen molar-refractivity contribution in [1.82, 2.24) is 25.1 Å². The van der Waals surface area contributed by atoms with Crippen LogP contribution in [0.5, 0.6) is 0 Å². The number of nitrogens with zero attached hydrogens (tertiary/aromatic N) is 4. The van der Waals surface area contributed by atoms with E-state index in [2.05, 4.69) is 36.4 Å². The Morgan fingerprint density at radius 3 is 2.97 bits per heavy atom. The number of H-pyrrole nitrogens is 1. The highest BCUT2D eigenvalue weighted by Gasteiger charge is 2.20. The van der Waals surface area contributed by atoms with Crippen molar-refractivity contribution in [2.24, 2.45) is 0 Å². The van der Waals surface area contributed by atoms with Gasteiger partial charge in [-0.05, 0) is 43.1 Å². The zero-order chi connectivity index (χ0) is 20.5. The third-order valence-corrected chi connectivity index (χ3v) is 5.61. The van der Waals surface area contributed by atoms with E-state index in [0.29, 0.717) is 0 Å². The van der Waals surface area contributed by atoms with Gasteiger partial charge in [0.1, 0.15) is 5.82 Å². The molecule has 0 radical (unpaired) electrons. The number of likely N-dealkylation sites (tertiary alicyclic amines) is 1. The smallest absolute Gasteiger partial charge is 0.276 e. The molecule has 3 aromatic heterocycles. The van der Waals surface area contributed by atoms with Gasteiger partial charge in [-0.3, -0.25) is 24.8 Å². The van der Waals surface area contributed by atoms with E-state index in [1.165, 1.54) is 30.4 Å². The summed E-state index contributed by atoms with van der Waals surface area (Å²) in [6.07, 6.45) is 12.5. The molecule has 30 heavy (non-hydrogen) atoms. The number of anilines is 1. The number of nitrogens with one attached hydrogen (secondary N) is 2. The van der Waals surface area contributed by atoms with Crippen molar-refractivity contribution in [3.05, 3.63) is 70.1 Å². The molecule has 1 unspecified atom stereocenters. The van der Waals surface area contributed by atoms with Crippen LogP contribution in [0.25, 0.3) is 12.2 Å². The van der Waals surface area contributed by atoms with Crippen LogP contribution in [-0.2, 0) is 6.54 Å². The van der Waals surface area contributed by atoms with Crippen molar-refractivity contribution in [2.45, 2.75) is 25.3 Å². The van der Waals surface area contributed by atoms with Gasteiger partial charge in [0.15, 0.2) is 5.69 Å². The topological polar surface area (TPSA) is 86.8 Å². The minimum absolute atomic E-state index is 0.0264. The number of carbonyl (C=O) groups excluding carboxylic acids is 1. The van der Waals surface area contributed by atoms with Crippen LogP contribution in [0.15, 0.2) is 36.9 Å². The van der Waals surface area contributed by atoms with E-state index >= 15 is 0 Å². The van der Waals surface area contributed by atoms with Crippen LogP contribution in [0.2, 0.25) is 0 Å². The molecular formula is C22H21FN6O. The fourth-order valence-corrected chi connectivity index (χ4v) is 3.85. The molecule has 4 heterocycles. The van der Waals surface area contributed by atoms with Crippen molar-refractivity contribution < 1.29 is 9.18 Å². The summed E-state index contributed by atoms with van der Waals surface area (Å²) in [7, 11) is 0. The quantitative estimate of drug-likeness (QED) is 0.674. The van der Waals surface area contributed by atoms with Gasteiger partial charge in [0.25, 0.3) is 5.91 Å². The molecule has 1 aliphatic carbocycles. The fourth-order valence-electron chi connectivity index (χ4n) is 3.85. The first kappa shape index (κ1) is 18.6. The molecule has 1 aliphatic heterocycles. The van der Waals surface area contributed by atoms with E-state index < -0.39 is 11.7 Å². The number of halogens is 1. The average Bonchev–Trinajstić information content (AvgIpc) is 3.16. The summed E-state index contributed by atoms with van der Waals surface area (Å²) in [5, 5.41) is 11.1. The molecule has 152 valence electrons. The van der Waals surface area contributed by atoms with Crippen molar-refractivity contribution in [2.75, 3.05) is 18.4 Å². The minimum atomic E-state index is -0.540. The molecule has 1 atom stereocenters. The third kappa shape index (κ3) is 3.61. The Hall–Kier alpha value is -3.39. The van der Waals surface area contributed by atoms with Crippen LogP contribution in [0.3, 0.4) is 0 Å². The number of aromatic amines is 1. The highest BCUT2D eigenvalue weighted by Crippen LogP contribution is 2.24. The molecule has 2 N–H and O–H groups in total. The van der Waals surface area contributed by atoms with E-state index in [1.807, 2.05) is 24.5 Å². The zero-order valence-corrected chi connectivity index (χ0v) is 16.3. The van der Waals surface area contributed by atoms with Gasteiger partial charge in [0, 0.05) is 36.3 Å². The Balaban J connectivity index is 1.42. The lowest BCUT2D eigenvalue weighted by molar-refractivity contribution is 0.102. The van der Waals surface area contributed by atoms with E-state index in [4.69, 9.17) is 0 Å². The van der Waals surface area contributed by atoms with Gasteiger partial charge in [-0.2, -0.15) is 5.10 Å². The monoisotopic (exact) mass is 404 g/mol. The molecule has 1 saturated heterocycles. The summed E-state index contributed by atoms with van der Waals surface area (Å²) >= 11 is 0.